The summed E-state index contributed by atoms with van der Waals surface area (Å²) in [6.45, 7) is 12.6. The van der Waals surface area contributed by atoms with Crippen LogP contribution in [0.4, 0.5) is 0 Å². The molecule has 0 heterocycles. The number of aromatic carboxylic acids is 2. The fraction of sp³-hybridized carbons (Fsp3) is 0.533. The quantitative estimate of drug-likeness (QED) is 0.274. The molecule has 0 aliphatic rings. The Morgan fingerprint density at radius 3 is 1.00 bits per heavy atom. The molecule has 0 saturated carbocycles. The monoisotopic (exact) mass is 502 g/mol. The zero-order valence-electron chi connectivity index (χ0n) is 22.7. The smallest absolute Gasteiger partial charge is 0.335 e. The predicted octanol–water partition coefficient (Wildman–Crippen LogP) is 6.62. The third kappa shape index (κ3) is 15.3. The van der Waals surface area contributed by atoms with Crippen LogP contribution < -0.4 is 0 Å². The van der Waals surface area contributed by atoms with E-state index >= 15 is 0 Å². The van der Waals surface area contributed by atoms with Gasteiger partial charge in [-0.15, -0.1) is 0 Å². The van der Waals surface area contributed by atoms with Crippen LogP contribution in [0, 0.1) is 23.7 Å². The van der Waals surface area contributed by atoms with Crippen molar-refractivity contribution in [1.29, 1.82) is 0 Å². The molecule has 0 fully saturated rings. The maximum Gasteiger partial charge on any atom is 0.335 e. The topological polar surface area (TPSA) is 115 Å². The molecule has 2 aromatic carbocycles. The molecular formula is C30H46O6. The molecule has 6 heteroatoms. The first-order valence-electron chi connectivity index (χ1n) is 12.8. The summed E-state index contributed by atoms with van der Waals surface area (Å²) >= 11 is 0. The van der Waals surface area contributed by atoms with Gasteiger partial charge < -0.3 is 20.4 Å². The van der Waals surface area contributed by atoms with Crippen molar-refractivity contribution in [3.05, 3.63) is 71.8 Å². The van der Waals surface area contributed by atoms with Crippen LogP contribution in [0.3, 0.4) is 0 Å². The van der Waals surface area contributed by atoms with Crippen molar-refractivity contribution >= 4 is 11.9 Å². The van der Waals surface area contributed by atoms with E-state index in [1.807, 2.05) is 13.8 Å². The first-order chi connectivity index (χ1) is 16.9. The van der Waals surface area contributed by atoms with Crippen LogP contribution in [-0.2, 0) is 0 Å². The number of carboxylic acid groups (broad SMARTS) is 2. The fourth-order valence-electron chi connectivity index (χ4n) is 3.84. The van der Waals surface area contributed by atoms with E-state index in [-0.39, 0.29) is 24.0 Å². The third-order valence-corrected chi connectivity index (χ3v) is 5.99. The van der Waals surface area contributed by atoms with Gasteiger partial charge in [-0.1, -0.05) is 76.9 Å². The van der Waals surface area contributed by atoms with E-state index in [2.05, 4.69) is 27.7 Å². The van der Waals surface area contributed by atoms with Gasteiger partial charge in [0.2, 0.25) is 0 Å². The molecule has 4 atom stereocenters. The molecule has 0 spiro atoms. The van der Waals surface area contributed by atoms with Crippen molar-refractivity contribution < 1.29 is 30.0 Å². The lowest BCUT2D eigenvalue weighted by Gasteiger charge is -2.32. The van der Waals surface area contributed by atoms with Gasteiger partial charge in [-0.25, -0.2) is 9.59 Å². The number of rotatable bonds is 11. The molecule has 36 heavy (non-hydrogen) atoms. The third-order valence-electron chi connectivity index (χ3n) is 5.99. The molecule has 2 rings (SSSR count). The predicted molar refractivity (Wildman–Crippen MR) is 145 cm³/mol. The standard InChI is InChI=1S/C16H34O2.2C7H6O2/c1-11(2)7-9-15(13(5)17)16(14(6)18)10-8-12(3)4;2*8-7(9)6-4-2-1-3-5-6/h11-18H,7-10H2,1-6H3;2*1-5H,(H,8,9). The summed E-state index contributed by atoms with van der Waals surface area (Å²) in [7, 11) is 0. The molecule has 2 aromatic rings. The minimum atomic E-state index is -0.879. The van der Waals surface area contributed by atoms with Gasteiger partial charge in [0.15, 0.2) is 0 Å². The van der Waals surface area contributed by atoms with E-state index in [9.17, 15) is 19.8 Å². The average molecular weight is 503 g/mol. The van der Waals surface area contributed by atoms with Gasteiger partial charge in [0.05, 0.1) is 23.3 Å². The van der Waals surface area contributed by atoms with Crippen LogP contribution in [-0.4, -0.2) is 44.6 Å². The Labute approximate surface area is 217 Å². The van der Waals surface area contributed by atoms with E-state index in [4.69, 9.17) is 10.2 Å². The highest BCUT2D eigenvalue weighted by Gasteiger charge is 2.29. The molecule has 0 aliphatic heterocycles. The Balaban J connectivity index is 0.000000564. The minimum absolute atomic E-state index is 0.228. The van der Waals surface area contributed by atoms with Gasteiger partial charge in [0.1, 0.15) is 0 Å². The molecule has 202 valence electrons. The molecule has 4 unspecified atom stereocenters. The van der Waals surface area contributed by atoms with Crippen molar-refractivity contribution in [1.82, 2.24) is 0 Å². The summed E-state index contributed by atoms with van der Waals surface area (Å²) < 4.78 is 0. The summed E-state index contributed by atoms with van der Waals surface area (Å²) in [5.74, 6) is 0.0143. The first-order valence-corrected chi connectivity index (χ1v) is 12.8. The van der Waals surface area contributed by atoms with Crippen LogP contribution in [0.1, 0.15) is 87.9 Å². The summed E-state index contributed by atoms with van der Waals surface area (Å²) in [6, 6.07) is 16.6. The molecule has 4 N–H and O–H groups in total. The number of aliphatic hydroxyl groups is 2. The Morgan fingerprint density at radius 2 is 0.833 bits per heavy atom. The maximum atomic E-state index is 10.2. The number of aliphatic hydroxyl groups excluding tert-OH is 2. The lowest BCUT2D eigenvalue weighted by Crippen LogP contribution is -2.33. The number of carboxylic acids is 2. The Hall–Kier alpha value is -2.70. The summed E-state index contributed by atoms with van der Waals surface area (Å²) in [6.07, 6.45) is 3.64. The van der Waals surface area contributed by atoms with Crippen LogP contribution in [0.25, 0.3) is 0 Å². The number of hydrogen-bond donors (Lipinski definition) is 4. The highest BCUT2D eigenvalue weighted by atomic mass is 16.4. The minimum Gasteiger partial charge on any atom is -0.478 e. The van der Waals surface area contributed by atoms with Gasteiger partial charge in [0.25, 0.3) is 0 Å². The van der Waals surface area contributed by atoms with Crippen LogP contribution >= 0.6 is 0 Å². The largest absolute Gasteiger partial charge is 0.478 e. The van der Waals surface area contributed by atoms with E-state index < -0.39 is 11.9 Å². The van der Waals surface area contributed by atoms with Crippen molar-refractivity contribution in [2.45, 2.75) is 79.4 Å². The first kappa shape index (κ1) is 33.3. The SMILES string of the molecule is CC(C)CCC(C(C)O)C(CCC(C)C)C(C)O.O=C(O)c1ccccc1.O=C(O)c1ccccc1. The fourth-order valence-corrected chi connectivity index (χ4v) is 3.84. The van der Waals surface area contributed by atoms with Gasteiger partial charge in [-0.05, 0) is 74.6 Å². The van der Waals surface area contributed by atoms with Crippen LogP contribution in [0.5, 0.6) is 0 Å². The number of benzene rings is 2. The molecule has 0 aliphatic carbocycles. The molecule has 6 nitrogen and oxygen atoms in total. The van der Waals surface area contributed by atoms with Crippen molar-refractivity contribution in [2.24, 2.45) is 23.7 Å². The normalized spacial score (nSPS) is 13.9. The Kier molecular flexibility index (Phi) is 17.2. The summed E-state index contributed by atoms with van der Waals surface area (Å²) in [5, 5.41) is 36.8. The van der Waals surface area contributed by atoms with Crippen molar-refractivity contribution in [2.75, 3.05) is 0 Å². The van der Waals surface area contributed by atoms with E-state index in [1.165, 1.54) is 0 Å². The summed E-state index contributed by atoms with van der Waals surface area (Å²) in [4.78, 5) is 20.4. The molecule has 0 bridgehead atoms. The summed E-state index contributed by atoms with van der Waals surface area (Å²) in [5.41, 5.74) is 0.662. The number of carbonyl (C=O) groups is 2. The van der Waals surface area contributed by atoms with Gasteiger partial charge >= 0.3 is 11.9 Å². The van der Waals surface area contributed by atoms with E-state index in [0.29, 0.717) is 23.0 Å². The van der Waals surface area contributed by atoms with E-state index in [0.717, 1.165) is 25.7 Å². The molecule has 0 saturated heterocycles. The highest BCUT2D eigenvalue weighted by molar-refractivity contribution is 5.87. The zero-order valence-corrected chi connectivity index (χ0v) is 22.7. The van der Waals surface area contributed by atoms with Crippen molar-refractivity contribution in [3.63, 3.8) is 0 Å². The molecular weight excluding hydrogens is 456 g/mol. The Morgan fingerprint density at radius 1 is 0.556 bits per heavy atom. The molecule has 0 radical (unpaired) electrons. The van der Waals surface area contributed by atoms with Gasteiger partial charge in [0, 0.05) is 0 Å². The second-order valence-electron chi connectivity index (χ2n) is 10.1. The second-order valence-corrected chi connectivity index (χ2v) is 10.1. The molecule has 0 aromatic heterocycles. The maximum absolute atomic E-state index is 10.2. The van der Waals surface area contributed by atoms with Crippen LogP contribution in [0.2, 0.25) is 0 Å². The number of hydrogen-bond acceptors (Lipinski definition) is 4. The average Bonchev–Trinajstić information content (AvgIpc) is 2.82. The second kappa shape index (κ2) is 18.6. The highest BCUT2D eigenvalue weighted by Crippen LogP contribution is 2.31. The zero-order chi connectivity index (χ0) is 27.7. The Bertz CT molecular complexity index is 760. The molecule has 0 amide bonds. The lowest BCUT2D eigenvalue weighted by atomic mass is 9.77. The lowest BCUT2D eigenvalue weighted by molar-refractivity contribution is 0.00990. The van der Waals surface area contributed by atoms with E-state index in [1.54, 1.807) is 60.7 Å². The van der Waals surface area contributed by atoms with Gasteiger partial charge in [-0.3, -0.25) is 0 Å². The van der Waals surface area contributed by atoms with Crippen molar-refractivity contribution in [3.8, 4) is 0 Å². The van der Waals surface area contributed by atoms with Gasteiger partial charge in [-0.2, -0.15) is 0 Å². The van der Waals surface area contributed by atoms with Crippen LogP contribution in [0.15, 0.2) is 60.7 Å².